The van der Waals surface area contributed by atoms with Crippen LogP contribution in [0.3, 0.4) is 0 Å². The maximum absolute atomic E-state index is 14.6. The van der Waals surface area contributed by atoms with Crippen LogP contribution < -0.4 is 9.64 Å². The minimum Gasteiger partial charge on any atom is -0.480 e. The smallest absolute Gasteiger partial charge is 0.233 e. The number of methoxy groups -OCH3 is 1. The zero-order valence-electron chi connectivity index (χ0n) is 20.4. The summed E-state index contributed by atoms with van der Waals surface area (Å²) in [6.07, 6.45) is 8.39. The third kappa shape index (κ3) is 5.59. The van der Waals surface area contributed by atoms with E-state index in [2.05, 4.69) is 32.0 Å². The van der Waals surface area contributed by atoms with Gasteiger partial charge in [0.2, 0.25) is 11.8 Å². The second-order valence-corrected chi connectivity index (χ2v) is 9.51. The predicted octanol–water partition coefficient (Wildman–Crippen LogP) is 4.71. The third-order valence-electron chi connectivity index (χ3n) is 7.29. The molecule has 35 heavy (non-hydrogen) atoms. The molecular formula is C27H32FN5O2. The van der Waals surface area contributed by atoms with Gasteiger partial charge in [0.15, 0.2) is 0 Å². The van der Waals surface area contributed by atoms with Gasteiger partial charge in [0.05, 0.1) is 26.0 Å². The number of benzene rings is 1. The Kier molecular flexibility index (Phi) is 7.18. The minimum absolute atomic E-state index is 0.283. The molecule has 3 heterocycles. The lowest BCUT2D eigenvalue weighted by Gasteiger charge is -2.32. The monoisotopic (exact) mass is 477 g/mol. The zero-order chi connectivity index (χ0) is 24.2. The molecule has 184 valence electrons. The minimum atomic E-state index is -0.283. The Hall–Kier alpha value is -3.13. The summed E-state index contributed by atoms with van der Waals surface area (Å²) in [6.45, 7) is 5.11. The van der Waals surface area contributed by atoms with E-state index < -0.39 is 0 Å². The Bertz CT molecular complexity index is 1120. The van der Waals surface area contributed by atoms with Crippen LogP contribution in [-0.4, -0.2) is 47.0 Å². The van der Waals surface area contributed by atoms with Gasteiger partial charge in [-0.15, -0.1) is 10.2 Å². The van der Waals surface area contributed by atoms with Crippen molar-refractivity contribution in [2.24, 2.45) is 17.8 Å². The van der Waals surface area contributed by atoms with Crippen molar-refractivity contribution in [3.05, 3.63) is 59.7 Å². The molecule has 0 bridgehead atoms. The van der Waals surface area contributed by atoms with Gasteiger partial charge in [-0.25, -0.2) is 14.4 Å². The zero-order valence-corrected chi connectivity index (χ0v) is 20.4. The number of aryl methyl sites for hydroxylation is 1. The third-order valence-corrected chi connectivity index (χ3v) is 7.29. The highest BCUT2D eigenvalue weighted by Crippen LogP contribution is 2.48. The van der Waals surface area contributed by atoms with E-state index in [1.54, 1.807) is 18.2 Å². The van der Waals surface area contributed by atoms with Crippen molar-refractivity contribution in [1.29, 1.82) is 0 Å². The highest BCUT2D eigenvalue weighted by atomic mass is 19.1. The number of anilines is 1. The van der Waals surface area contributed by atoms with Gasteiger partial charge < -0.3 is 14.4 Å². The van der Waals surface area contributed by atoms with Crippen LogP contribution in [0.5, 0.6) is 5.88 Å². The number of aromatic nitrogens is 4. The number of hydrogen-bond donors (Lipinski definition) is 0. The Morgan fingerprint density at radius 3 is 2.51 bits per heavy atom. The van der Waals surface area contributed by atoms with E-state index >= 15 is 0 Å². The molecular weight excluding hydrogens is 445 g/mol. The molecule has 3 aromatic rings. The number of halogens is 1. The maximum atomic E-state index is 14.6. The van der Waals surface area contributed by atoms with E-state index in [0.29, 0.717) is 35.2 Å². The number of hydrogen-bond acceptors (Lipinski definition) is 7. The van der Waals surface area contributed by atoms with Crippen molar-refractivity contribution in [3.63, 3.8) is 0 Å². The topological polar surface area (TPSA) is 73.3 Å². The lowest BCUT2D eigenvalue weighted by Crippen LogP contribution is -2.35. The molecule has 5 rings (SSSR count). The van der Waals surface area contributed by atoms with E-state index in [1.165, 1.54) is 38.0 Å². The SMILES string of the molecule is CCc1cnc(N2CCC(C3C[C@H]3COCc3ccc(-c4ccc(OC)nn4)cc3F)CC2)nc1. The fourth-order valence-corrected chi connectivity index (χ4v) is 4.99. The van der Waals surface area contributed by atoms with Crippen LogP contribution in [0.25, 0.3) is 11.3 Å². The van der Waals surface area contributed by atoms with Crippen molar-refractivity contribution < 1.29 is 13.9 Å². The van der Waals surface area contributed by atoms with Crippen molar-refractivity contribution >= 4 is 5.95 Å². The Morgan fingerprint density at radius 1 is 1.06 bits per heavy atom. The van der Waals surface area contributed by atoms with E-state index in [9.17, 15) is 4.39 Å². The largest absolute Gasteiger partial charge is 0.480 e. The van der Waals surface area contributed by atoms with Crippen molar-refractivity contribution in [2.75, 3.05) is 31.7 Å². The fraction of sp³-hybridized carbons (Fsp3) is 0.481. The molecule has 0 radical (unpaired) electrons. The quantitative estimate of drug-likeness (QED) is 0.442. The summed E-state index contributed by atoms with van der Waals surface area (Å²) in [6, 6.07) is 8.59. The molecule has 8 heteroatoms. The molecule has 0 N–H and O–H groups in total. The molecule has 1 unspecified atom stereocenters. The number of piperidine rings is 1. The van der Waals surface area contributed by atoms with Gasteiger partial charge >= 0.3 is 0 Å². The van der Waals surface area contributed by atoms with Crippen LogP contribution in [-0.2, 0) is 17.8 Å². The van der Waals surface area contributed by atoms with Gasteiger partial charge in [-0.1, -0.05) is 19.1 Å². The van der Waals surface area contributed by atoms with Gasteiger partial charge in [0.25, 0.3) is 0 Å². The van der Waals surface area contributed by atoms with Crippen LogP contribution >= 0.6 is 0 Å². The Labute approximate surface area is 205 Å². The summed E-state index contributed by atoms with van der Waals surface area (Å²) in [5.41, 5.74) is 3.02. The summed E-state index contributed by atoms with van der Waals surface area (Å²) >= 11 is 0. The fourth-order valence-electron chi connectivity index (χ4n) is 4.99. The van der Waals surface area contributed by atoms with E-state index in [4.69, 9.17) is 9.47 Å². The van der Waals surface area contributed by atoms with Crippen LogP contribution in [0.15, 0.2) is 42.7 Å². The predicted molar refractivity (Wildman–Crippen MR) is 132 cm³/mol. The number of nitrogens with zero attached hydrogens (tertiary/aromatic N) is 5. The summed E-state index contributed by atoms with van der Waals surface area (Å²) in [5, 5.41) is 8.03. The van der Waals surface area contributed by atoms with Gasteiger partial charge in [-0.05, 0) is 61.1 Å². The van der Waals surface area contributed by atoms with E-state index in [-0.39, 0.29) is 12.4 Å². The van der Waals surface area contributed by atoms with Gasteiger partial charge in [-0.2, -0.15) is 0 Å². The lowest BCUT2D eigenvalue weighted by atomic mass is 9.91. The first kappa shape index (κ1) is 23.6. The summed E-state index contributed by atoms with van der Waals surface area (Å²) in [7, 11) is 1.54. The summed E-state index contributed by atoms with van der Waals surface area (Å²) in [4.78, 5) is 11.4. The molecule has 1 aromatic carbocycles. The molecule has 2 atom stereocenters. The molecule has 1 aliphatic heterocycles. The van der Waals surface area contributed by atoms with Crippen LogP contribution in [0.4, 0.5) is 10.3 Å². The average Bonchev–Trinajstić information content (AvgIpc) is 3.69. The average molecular weight is 478 g/mol. The van der Waals surface area contributed by atoms with Crippen LogP contribution in [0.1, 0.15) is 37.3 Å². The summed E-state index contributed by atoms with van der Waals surface area (Å²) < 4.78 is 25.6. The standard InChI is InChI=1S/C27H32FN5O2/c1-3-18-14-29-27(30-15-18)33-10-8-19(9-11-33)23-12-22(23)17-35-16-21-5-4-20(13-24(21)28)25-6-7-26(34-2)32-31-25/h4-7,13-15,19,22-23H,3,8-12,16-17H2,1-2H3/t22-,23?/m0/s1. The number of rotatable bonds is 9. The Balaban J connectivity index is 1.06. The van der Waals surface area contributed by atoms with Crippen LogP contribution in [0, 0.1) is 23.6 Å². The molecule has 2 aromatic heterocycles. The van der Waals surface area contributed by atoms with E-state index in [1.807, 2.05) is 18.5 Å². The van der Waals surface area contributed by atoms with Crippen molar-refractivity contribution in [3.8, 4) is 17.1 Å². The maximum Gasteiger partial charge on any atom is 0.233 e. The summed E-state index contributed by atoms with van der Waals surface area (Å²) in [5.74, 6) is 3.04. The normalized spacial score (nSPS) is 20.1. The lowest BCUT2D eigenvalue weighted by molar-refractivity contribution is 0.102. The first-order chi connectivity index (χ1) is 17.1. The molecule has 0 amide bonds. The molecule has 2 aliphatic rings. The molecule has 1 saturated heterocycles. The van der Waals surface area contributed by atoms with Gasteiger partial charge in [-0.3, -0.25) is 0 Å². The second kappa shape index (κ2) is 10.6. The highest BCUT2D eigenvalue weighted by molar-refractivity contribution is 5.59. The first-order valence-electron chi connectivity index (χ1n) is 12.4. The molecule has 1 aliphatic carbocycles. The van der Waals surface area contributed by atoms with Gasteiger partial charge in [0.1, 0.15) is 5.82 Å². The van der Waals surface area contributed by atoms with Crippen molar-refractivity contribution in [1.82, 2.24) is 20.2 Å². The second-order valence-electron chi connectivity index (χ2n) is 9.51. The molecule has 7 nitrogen and oxygen atoms in total. The molecule has 0 spiro atoms. The highest BCUT2D eigenvalue weighted by Gasteiger charge is 2.43. The first-order valence-corrected chi connectivity index (χ1v) is 12.4. The Morgan fingerprint density at radius 2 is 1.86 bits per heavy atom. The van der Waals surface area contributed by atoms with E-state index in [0.717, 1.165) is 37.3 Å². The van der Waals surface area contributed by atoms with Crippen LogP contribution in [0.2, 0.25) is 0 Å². The van der Waals surface area contributed by atoms with Crippen molar-refractivity contribution in [2.45, 2.75) is 39.2 Å². The van der Waals surface area contributed by atoms with Gasteiger partial charge in [0, 0.05) is 42.7 Å². The molecule has 2 fully saturated rings. The molecule has 1 saturated carbocycles. The number of ether oxygens (including phenoxy) is 2.